The lowest BCUT2D eigenvalue weighted by Crippen LogP contribution is -2.39. The summed E-state index contributed by atoms with van der Waals surface area (Å²) >= 11 is 0. The first kappa shape index (κ1) is 14.2. The number of carbonyl (C=O) groups excluding carboxylic acids is 1. The van der Waals surface area contributed by atoms with Crippen molar-refractivity contribution >= 4 is 11.7 Å². The van der Waals surface area contributed by atoms with E-state index in [-0.39, 0.29) is 12.5 Å². The fourth-order valence-electron chi connectivity index (χ4n) is 1.06. The largest absolute Gasteiger partial charge is 0.384 e. The van der Waals surface area contributed by atoms with Gasteiger partial charge in [0.1, 0.15) is 23.7 Å². The van der Waals surface area contributed by atoms with Gasteiger partial charge in [0.25, 0.3) is 5.91 Å². The van der Waals surface area contributed by atoms with E-state index < -0.39 is 5.60 Å². The molecule has 0 aliphatic heterocycles. The van der Waals surface area contributed by atoms with Gasteiger partial charge in [0.15, 0.2) is 0 Å². The van der Waals surface area contributed by atoms with Crippen LogP contribution in [0.2, 0.25) is 0 Å². The maximum Gasteiger partial charge on any atom is 0.257 e. The minimum atomic E-state index is -0.922. The molecule has 0 fully saturated rings. The number of aliphatic hydroxyl groups is 1. The van der Waals surface area contributed by atoms with Crippen LogP contribution in [0.25, 0.3) is 0 Å². The maximum absolute atomic E-state index is 11.8. The topological polar surface area (TPSA) is 71.5 Å². The Balaban J connectivity index is 2.83. The second kappa shape index (κ2) is 6.15. The average molecular weight is 248 g/mol. The zero-order valence-electron chi connectivity index (χ0n) is 10.7. The summed E-state index contributed by atoms with van der Waals surface area (Å²) in [4.78, 5) is 16.0. The van der Waals surface area contributed by atoms with Gasteiger partial charge in [-0.05, 0) is 31.9 Å². The van der Waals surface area contributed by atoms with Crippen molar-refractivity contribution < 1.29 is 14.6 Å². The zero-order chi connectivity index (χ0) is 13.6. The van der Waals surface area contributed by atoms with Gasteiger partial charge in [-0.25, -0.2) is 4.98 Å². The number of nitrogens with one attached hydrogen (secondary N) is 1. The van der Waals surface area contributed by atoms with Crippen molar-refractivity contribution in [1.82, 2.24) is 4.98 Å². The van der Waals surface area contributed by atoms with Crippen LogP contribution in [0, 0.1) is 11.8 Å². The number of nitrogens with zero attached hydrogens (tertiary/aromatic N) is 1. The van der Waals surface area contributed by atoms with Gasteiger partial charge < -0.3 is 15.2 Å². The number of rotatable bonds is 3. The number of methoxy groups -OCH3 is 1. The van der Waals surface area contributed by atoms with Crippen molar-refractivity contribution in [3.05, 3.63) is 23.9 Å². The van der Waals surface area contributed by atoms with E-state index in [1.807, 2.05) is 0 Å². The van der Waals surface area contributed by atoms with Crippen LogP contribution in [-0.4, -0.2) is 35.3 Å². The predicted octanol–water partition coefficient (Wildman–Crippen LogP) is 0.789. The van der Waals surface area contributed by atoms with Gasteiger partial charge in [-0.2, -0.15) is 0 Å². The molecule has 1 heterocycles. The highest BCUT2D eigenvalue weighted by Gasteiger charge is 2.27. The molecule has 0 spiro atoms. The third-order valence-corrected chi connectivity index (χ3v) is 2.34. The Morgan fingerprint density at radius 2 is 2.28 bits per heavy atom. The molecule has 0 bridgehead atoms. The summed E-state index contributed by atoms with van der Waals surface area (Å²) in [5.41, 5.74) is -0.439. The number of aromatic nitrogens is 1. The van der Waals surface area contributed by atoms with Crippen LogP contribution >= 0.6 is 0 Å². The average Bonchev–Trinajstić information content (AvgIpc) is 2.36. The molecule has 0 aromatic carbocycles. The second-order valence-corrected chi connectivity index (χ2v) is 4.04. The van der Waals surface area contributed by atoms with Crippen LogP contribution in [0.15, 0.2) is 18.2 Å². The van der Waals surface area contributed by atoms with E-state index in [2.05, 4.69) is 22.1 Å². The molecule has 1 aromatic heterocycles. The molecule has 2 N–H and O–H groups in total. The smallest absolute Gasteiger partial charge is 0.257 e. The summed E-state index contributed by atoms with van der Waals surface area (Å²) in [6.45, 7) is 3.10. The molecule has 0 saturated heterocycles. The summed E-state index contributed by atoms with van der Waals surface area (Å²) in [6.07, 6.45) is 0. The van der Waals surface area contributed by atoms with Crippen LogP contribution in [0.3, 0.4) is 0 Å². The minimum Gasteiger partial charge on any atom is -0.384 e. The Labute approximate surface area is 106 Å². The van der Waals surface area contributed by atoms with Crippen molar-refractivity contribution in [3.63, 3.8) is 0 Å². The predicted molar refractivity (Wildman–Crippen MR) is 67.9 cm³/mol. The number of amides is 1. The Bertz CT molecular complexity index is 486. The molecule has 0 unspecified atom stereocenters. The van der Waals surface area contributed by atoms with E-state index in [1.54, 1.807) is 32.0 Å². The molecule has 0 aliphatic rings. The summed E-state index contributed by atoms with van der Waals surface area (Å²) < 4.78 is 5.07. The monoisotopic (exact) mass is 248 g/mol. The van der Waals surface area contributed by atoms with Crippen LogP contribution in [0.5, 0.6) is 0 Å². The number of anilines is 1. The molecule has 0 atom stereocenters. The molecule has 96 valence electrons. The van der Waals surface area contributed by atoms with E-state index >= 15 is 0 Å². The van der Waals surface area contributed by atoms with E-state index in [4.69, 9.17) is 9.84 Å². The SMILES string of the molecule is COC(C)(C)C(=O)Nc1cccc(C#CCO)n1. The van der Waals surface area contributed by atoms with Gasteiger partial charge in [0.2, 0.25) is 0 Å². The van der Waals surface area contributed by atoms with Crippen LogP contribution in [-0.2, 0) is 9.53 Å². The quantitative estimate of drug-likeness (QED) is 0.776. The first-order chi connectivity index (χ1) is 8.49. The normalized spacial score (nSPS) is 10.4. The first-order valence-electron chi connectivity index (χ1n) is 5.43. The highest BCUT2D eigenvalue weighted by molar-refractivity contribution is 5.96. The van der Waals surface area contributed by atoms with E-state index in [9.17, 15) is 4.79 Å². The van der Waals surface area contributed by atoms with Crippen molar-refractivity contribution in [1.29, 1.82) is 0 Å². The number of carbonyl (C=O) groups is 1. The fourth-order valence-corrected chi connectivity index (χ4v) is 1.06. The lowest BCUT2D eigenvalue weighted by Gasteiger charge is -2.21. The standard InChI is InChI=1S/C13H16N2O3/c1-13(2,18-3)12(17)15-11-8-4-6-10(14-11)7-5-9-16/h4,6,8,16H,9H2,1-3H3,(H,14,15,17). The van der Waals surface area contributed by atoms with Gasteiger partial charge in [-0.1, -0.05) is 12.0 Å². The third kappa shape index (κ3) is 3.84. The molecular weight excluding hydrogens is 232 g/mol. The molecule has 1 amide bonds. The minimum absolute atomic E-state index is 0.227. The number of hydrogen-bond donors (Lipinski definition) is 2. The van der Waals surface area contributed by atoms with Gasteiger partial charge in [-0.15, -0.1) is 0 Å². The number of hydrogen-bond acceptors (Lipinski definition) is 4. The summed E-state index contributed by atoms with van der Waals surface area (Å²) in [7, 11) is 1.47. The van der Waals surface area contributed by atoms with E-state index in [0.29, 0.717) is 11.5 Å². The van der Waals surface area contributed by atoms with Crippen LogP contribution < -0.4 is 5.32 Å². The van der Waals surface area contributed by atoms with E-state index in [1.165, 1.54) is 7.11 Å². The van der Waals surface area contributed by atoms with Gasteiger partial charge in [0.05, 0.1) is 0 Å². The molecule has 18 heavy (non-hydrogen) atoms. The molecule has 0 radical (unpaired) electrons. The summed E-state index contributed by atoms with van der Waals surface area (Å²) in [6, 6.07) is 5.08. The van der Waals surface area contributed by atoms with Crippen molar-refractivity contribution in [3.8, 4) is 11.8 Å². The highest BCUT2D eigenvalue weighted by atomic mass is 16.5. The van der Waals surface area contributed by atoms with Crippen LogP contribution in [0.4, 0.5) is 5.82 Å². The van der Waals surface area contributed by atoms with Crippen LogP contribution in [0.1, 0.15) is 19.5 Å². The Morgan fingerprint density at radius 1 is 1.56 bits per heavy atom. The molecular formula is C13H16N2O3. The fraction of sp³-hybridized carbons (Fsp3) is 0.385. The summed E-state index contributed by atoms with van der Waals surface area (Å²) in [5, 5.41) is 11.2. The van der Waals surface area contributed by atoms with E-state index in [0.717, 1.165) is 0 Å². The molecule has 5 heteroatoms. The summed E-state index contributed by atoms with van der Waals surface area (Å²) in [5.74, 6) is 5.27. The highest BCUT2D eigenvalue weighted by Crippen LogP contribution is 2.12. The Kier molecular flexibility index (Phi) is 4.84. The van der Waals surface area contributed by atoms with Crippen molar-refractivity contribution in [2.45, 2.75) is 19.4 Å². The molecule has 1 rings (SSSR count). The van der Waals surface area contributed by atoms with Crippen molar-refractivity contribution in [2.75, 3.05) is 19.0 Å². The Morgan fingerprint density at radius 3 is 2.89 bits per heavy atom. The molecule has 0 saturated carbocycles. The second-order valence-electron chi connectivity index (χ2n) is 4.04. The first-order valence-corrected chi connectivity index (χ1v) is 5.43. The molecule has 5 nitrogen and oxygen atoms in total. The molecule has 0 aliphatic carbocycles. The maximum atomic E-state index is 11.8. The third-order valence-electron chi connectivity index (χ3n) is 2.34. The lowest BCUT2D eigenvalue weighted by molar-refractivity contribution is -0.133. The number of pyridine rings is 1. The number of ether oxygens (including phenoxy) is 1. The van der Waals surface area contributed by atoms with Gasteiger partial charge in [0, 0.05) is 7.11 Å². The van der Waals surface area contributed by atoms with Gasteiger partial charge in [-0.3, -0.25) is 4.79 Å². The zero-order valence-corrected chi connectivity index (χ0v) is 10.7. The van der Waals surface area contributed by atoms with Crippen molar-refractivity contribution in [2.24, 2.45) is 0 Å². The van der Waals surface area contributed by atoms with Gasteiger partial charge >= 0.3 is 0 Å². The lowest BCUT2D eigenvalue weighted by atomic mass is 10.1. The number of aliphatic hydroxyl groups excluding tert-OH is 1. The molecule has 1 aromatic rings. The Hall–Kier alpha value is -1.90.